The lowest BCUT2D eigenvalue weighted by Crippen LogP contribution is -2.37. The van der Waals surface area contributed by atoms with E-state index in [1.54, 1.807) is 11.7 Å². The minimum atomic E-state index is -1.00. The van der Waals surface area contributed by atoms with Crippen molar-refractivity contribution in [3.05, 3.63) is 12.7 Å². The van der Waals surface area contributed by atoms with Crippen LogP contribution in [0.4, 0.5) is 5.82 Å². The van der Waals surface area contributed by atoms with Gasteiger partial charge < -0.3 is 30.2 Å². The topological polar surface area (TPSA) is 138 Å². The van der Waals surface area contributed by atoms with Gasteiger partial charge in [0.15, 0.2) is 17.7 Å². The first-order valence-corrected chi connectivity index (χ1v) is 7.15. The van der Waals surface area contributed by atoms with E-state index in [9.17, 15) is 10.2 Å². The summed E-state index contributed by atoms with van der Waals surface area (Å²) in [5.41, 5.74) is 6.62. The van der Waals surface area contributed by atoms with Crippen LogP contribution in [-0.2, 0) is 14.2 Å². The van der Waals surface area contributed by atoms with E-state index in [0.29, 0.717) is 17.8 Å². The fourth-order valence-corrected chi connectivity index (χ4v) is 2.63. The number of hydrogen-bond donors (Lipinski definition) is 3. The van der Waals surface area contributed by atoms with Gasteiger partial charge in [0, 0.05) is 7.11 Å². The van der Waals surface area contributed by atoms with Crippen molar-refractivity contribution in [2.75, 3.05) is 32.7 Å². The van der Waals surface area contributed by atoms with E-state index in [-0.39, 0.29) is 19.0 Å². The zero-order valence-electron chi connectivity index (χ0n) is 12.6. The van der Waals surface area contributed by atoms with Crippen LogP contribution < -0.4 is 5.73 Å². The van der Waals surface area contributed by atoms with Gasteiger partial charge in [-0.3, -0.25) is 4.57 Å². The Bertz CT molecular complexity index is 665. The zero-order chi connectivity index (χ0) is 16.4. The number of nitrogens with two attached hydrogens (primary N) is 1. The van der Waals surface area contributed by atoms with Gasteiger partial charge in [0.25, 0.3) is 0 Å². The van der Waals surface area contributed by atoms with E-state index in [1.807, 2.05) is 0 Å². The quantitative estimate of drug-likeness (QED) is 0.553. The van der Waals surface area contributed by atoms with Crippen LogP contribution in [0.3, 0.4) is 0 Å². The van der Waals surface area contributed by atoms with Crippen molar-refractivity contribution < 1.29 is 24.4 Å². The number of methoxy groups -OCH3 is 1. The minimum Gasteiger partial charge on any atom is -0.394 e. The van der Waals surface area contributed by atoms with Crippen LogP contribution >= 0.6 is 0 Å². The van der Waals surface area contributed by atoms with Gasteiger partial charge in [-0.2, -0.15) is 0 Å². The van der Waals surface area contributed by atoms with Crippen LogP contribution in [0.2, 0.25) is 0 Å². The Morgan fingerprint density at radius 1 is 1.35 bits per heavy atom. The number of aliphatic hydroxyl groups excluding tert-OH is 2. The molecule has 0 bridgehead atoms. The molecule has 2 aromatic heterocycles. The van der Waals surface area contributed by atoms with Gasteiger partial charge in [-0.25, -0.2) is 15.0 Å². The third-order valence-electron chi connectivity index (χ3n) is 3.75. The van der Waals surface area contributed by atoms with Crippen molar-refractivity contribution in [3.63, 3.8) is 0 Å². The Morgan fingerprint density at radius 3 is 2.91 bits per heavy atom. The maximum Gasteiger partial charge on any atom is 0.167 e. The fraction of sp³-hybridized carbons (Fsp3) is 0.615. The second kappa shape index (κ2) is 6.72. The van der Waals surface area contributed by atoms with Crippen LogP contribution in [0, 0.1) is 0 Å². The average Bonchev–Trinajstić information content (AvgIpc) is 3.10. The lowest BCUT2D eigenvalue weighted by atomic mass is 10.1. The summed E-state index contributed by atoms with van der Waals surface area (Å²) in [4.78, 5) is 12.1. The number of ether oxygens (including phenoxy) is 3. The lowest BCUT2D eigenvalue weighted by molar-refractivity contribution is -0.0678. The lowest BCUT2D eigenvalue weighted by Gasteiger charge is -2.19. The number of nitrogens with zero attached hydrogens (tertiary/aromatic N) is 4. The van der Waals surface area contributed by atoms with E-state index in [0.717, 1.165) is 0 Å². The van der Waals surface area contributed by atoms with E-state index in [2.05, 4.69) is 15.0 Å². The first-order chi connectivity index (χ1) is 11.2. The number of imidazole rings is 1. The Hall–Kier alpha value is -1.85. The molecule has 10 heteroatoms. The molecule has 4 unspecified atom stereocenters. The van der Waals surface area contributed by atoms with Crippen LogP contribution in [0.15, 0.2) is 12.7 Å². The number of aliphatic hydroxyl groups is 2. The van der Waals surface area contributed by atoms with Crippen LogP contribution in [0.1, 0.15) is 6.23 Å². The summed E-state index contributed by atoms with van der Waals surface area (Å²) in [6.07, 6.45) is -0.361. The molecule has 0 aromatic carbocycles. The van der Waals surface area contributed by atoms with Crippen LogP contribution in [0.5, 0.6) is 0 Å². The molecule has 1 aliphatic heterocycles. The Morgan fingerprint density at radius 2 is 2.17 bits per heavy atom. The summed E-state index contributed by atoms with van der Waals surface area (Å²) in [6, 6.07) is 0. The van der Waals surface area contributed by atoms with Gasteiger partial charge in [0.2, 0.25) is 0 Å². The highest BCUT2D eigenvalue weighted by Crippen LogP contribution is 2.33. The standard InChI is InChI=1S/C13H19N5O5/c1-21-2-3-22-10-7(4-19)23-13(9(10)20)18-6-17-8-11(14)15-5-16-12(8)18/h5-7,9-10,13,19-20H,2-4H2,1H3,(H2,14,15,16). The molecule has 1 aliphatic rings. The third kappa shape index (κ3) is 2.86. The Balaban J connectivity index is 1.86. The molecule has 3 rings (SSSR count). The van der Waals surface area contributed by atoms with Gasteiger partial charge in [-0.05, 0) is 0 Å². The molecular weight excluding hydrogens is 306 g/mol. The predicted molar refractivity (Wildman–Crippen MR) is 78.4 cm³/mol. The highest BCUT2D eigenvalue weighted by Gasteiger charge is 2.45. The number of rotatable bonds is 6. The zero-order valence-corrected chi connectivity index (χ0v) is 12.6. The number of anilines is 1. The second-order valence-corrected chi connectivity index (χ2v) is 5.15. The summed E-state index contributed by atoms with van der Waals surface area (Å²) in [7, 11) is 1.55. The molecule has 3 heterocycles. The molecule has 0 amide bonds. The molecule has 4 atom stereocenters. The second-order valence-electron chi connectivity index (χ2n) is 5.15. The molecule has 0 spiro atoms. The van der Waals surface area contributed by atoms with Crippen molar-refractivity contribution in [2.24, 2.45) is 0 Å². The smallest absolute Gasteiger partial charge is 0.167 e. The summed E-state index contributed by atoms with van der Waals surface area (Å²) in [6.45, 7) is 0.378. The number of hydrogen-bond acceptors (Lipinski definition) is 9. The maximum absolute atomic E-state index is 10.5. The summed E-state index contributed by atoms with van der Waals surface area (Å²) in [5.74, 6) is 0.243. The van der Waals surface area contributed by atoms with E-state index in [1.165, 1.54) is 12.7 Å². The molecule has 0 aliphatic carbocycles. The van der Waals surface area contributed by atoms with Gasteiger partial charge in [0.05, 0.1) is 26.1 Å². The van der Waals surface area contributed by atoms with Crippen LogP contribution in [0.25, 0.3) is 11.2 Å². The van der Waals surface area contributed by atoms with Crippen LogP contribution in [-0.4, -0.2) is 75.0 Å². The molecule has 2 aromatic rings. The van der Waals surface area contributed by atoms with Gasteiger partial charge in [-0.1, -0.05) is 0 Å². The molecule has 126 valence electrons. The normalized spacial score (nSPS) is 27.8. The Kier molecular flexibility index (Phi) is 4.68. The Labute approximate surface area is 131 Å². The van der Waals surface area contributed by atoms with E-state index in [4.69, 9.17) is 19.9 Å². The monoisotopic (exact) mass is 325 g/mol. The molecule has 1 fully saturated rings. The number of nitrogen functional groups attached to an aromatic ring is 1. The van der Waals surface area contributed by atoms with E-state index >= 15 is 0 Å². The molecule has 4 N–H and O–H groups in total. The SMILES string of the molecule is COCCOC1C(CO)OC(n2cnc3c(N)ncnc32)C1O. The van der Waals surface area contributed by atoms with Gasteiger partial charge >= 0.3 is 0 Å². The first-order valence-electron chi connectivity index (χ1n) is 7.15. The average molecular weight is 325 g/mol. The highest BCUT2D eigenvalue weighted by molar-refractivity contribution is 5.81. The maximum atomic E-state index is 10.5. The molecule has 1 saturated heterocycles. The molecule has 23 heavy (non-hydrogen) atoms. The largest absolute Gasteiger partial charge is 0.394 e. The first kappa shape index (κ1) is 16.0. The summed E-state index contributed by atoms with van der Waals surface area (Å²) >= 11 is 0. The number of fused-ring (bicyclic) bond motifs is 1. The van der Waals surface area contributed by atoms with Crippen molar-refractivity contribution in [2.45, 2.75) is 24.5 Å². The predicted octanol–water partition coefficient (Wildman–Crippen LogP) is -1.31. The third-order valence-corrected chi connectivity index (χ3v) is 3.75. The van der Waals surface area contributed by atoms with Crippen molar-refractivity contribution in [3.8, 4) is 0 Å². The minimum absolute atomic E-state index is 0.243. The summed E-state index contributed by atoms with van der Waals surface area (Å²) < 4.78 is 17.8. The molecule has 10 nitrogen and oxygen atoms in total. The summed E-state index contributed by atoms with van der Waals surface area (Å²) in [5, 5.41) is 20.0. The van der Waals surface area contributed by atoms with Crippen molar-refractivity contribution in [1.29, 1.82) is 0 Å². The molecular formula is C13H19N5O5. The van der Waals surface area contributed by atoms with Crippen molar-refractivity contribution >= 4 is 17.0 Å². The van der Waals surface area contributed by atoms with Crippen molar-refractivity contribution in [1.82, 2.24) is 19.5 Å². The molecule has 0 radical (unpaired) electrons. The van der Waals surface area contributed by atoms with Gasteiger partial charge in [0.1, 0.15) is 30.2 Å². The highest BCUT2D eigenvalue weighted by atomic mass is 16.6. The molecule has 0 saturated carbocycles. The fourth-order valence-electron chi connectivity index (χ4n) is 2.63. The van der Waals surface area contributed by atoms with E-state index < -0.39 is 24.5 Å². The number of aromatic nitrogens is 4. The van der Waals surface area contributed by atoms with Gasteiger partial charge in [-0.15, -0.1) is 0 Å².